The first-order chi connectivity index (χ1) is 11.4. The van der Waals surface area contributed by atoms with Crippen molar-refractivity contribution in [3.63, 3.8) is 0 Å². The van der Waals surface area contributed by atoms with E-state index in [1.165, 1.54) is 5.56 Å². The summed E-state index contributed by atoms with van der Waals surface area (Å²) in [5, 5.41) is 12.2. The molecule has 5 heteroatoms. The van der Waals surface area contributed by atoms with E-state index in [0.29, 0.717) is 44.8 Å². The van der Waals surface area contributed by atoms with Crippen LogP contribution < -0.4 is 5.32 Å². The van der Waals surface area contributed by atoms with Crippen LogP contribution in [0, 0.1) is 5.92 Å². The Morgan fingerprint density at radius 3 is 2.29 bits per heavy atom. The molecule has 0 atom stereocenters. The molecule has 1 amide bonds. The molecule has 132 valence electrons. The van der Waals surface area contributed by atoms with Crippen LogP contribution in [-0.2, 0) is 27.2 Å². The van der Waals surface area contributed by atoms with Gasteiger partial charge in [-0.3, -0.25) is 4.79 Å². The van der Waals surface area contributed by atoms with Crippen LogP contribution in [0.4, 0.5) is 0 Å². The maximum absolute atomic E-state index is 12.2. The minimum absolute atomic E-state index is 0.217. The quantitative estimate of drug-likeness (QED) is 0.804. The second-order valence-corrected chi connectivity index (χ2v) is 6.96. The van der Waals surface area contributed by atoms with Crippen LogP contribution in [0.3, 0.4) is 0 Å². The van der Waals surface area contributed by atoms with Gasteiger partial charge in [0.05, 0.1) is 0 Å². The molecular weight excluding hydrogens is 306 g/mol. The molecule has 1 heterocycles. The normalized spacial score (nSPS) is 16.8. The third kappa shape index (κ3) is 5.06. The molecule has 1 aliphatic rings. The number of carbonyl (C=O) groups excluding carboxylic acids is 1. The molecule has 0 bridgehead atoms. The molecule has 1 aromatic rings. The molecule has 1 saturated heterocycles. The smallest absolute Gasteiger partial charge is 0.329 e. The summed E-state index contributed by atoms with van der Waals surface area (Å²) in [6.45, 7) is 5.10. The van der Waals surface area contributed by atoms with Gasteiger partial charge in [0.1, 0.15) is 5.54 Å². The Balaban J connectivity index is 1.87. The lowest BCUT2D eigenvalue weighted by atomic mass is 9.90. The fourth-order valence-electron chi connectivity index (χ4n) is 3.01. The average molecular weight is 333 g/mol. The molecule has 5 nitrogen and oxygen atoms in total. The second-order valence-electron chi connectivity index (χ2n) is 6.96. The molecule has 2 rings (SSSR count). The van der Waals surface area contributed by atoms with Crippen molar-refractivity contribution in [3.05, 3.63) is 35.4 Å². The summed E-state index contributed by atoms with van der Waals surface area (Å²) >= 11 is 0. The molecule has 1 aromatic carbocycles. The number of rotatable bonds is 7. The highest BCUT2D eigenvalue weighted by molar-refractivity contribution is 5.87. The number of aryl methyl sites for hydroxylation is 1. The zero-order valence-electron chi connectivity index (χ0n) is 14.5. The Morgan fingerprint density at radius 2 is 1.75 bits per heavy atom. The molecular formula is C19H27NO4. The van der Waals surface area contributed by atoms with Crippen LogP contribution in [0.5, 0.6) is 0 Å². The molecule has 0 aromatic heterocycles. The van der Waals surface area contributed by atoms with Crippen molar-refractivity contribution >= 4 is 11.9 Å². The van der Waals surface area contributed by atoms with Gasteiger partial charge in [-0.05, 0) is 29.9 Å². The number of aliphatic carboxylic acids is 1. The zero-order valence-corrected chi connectivity index (χ0v) is 14.5. The molecule has 0 radical (unpaired) electrons. The average Bonchev–Trinajstić information content (AvgIpc) is 2.54. The van der Waals surface area contributed by atoms with E-state index in [0.717, 1.165) is 12.0 Å². The lowest BCUT2D eigenvalue weighted by Gasteiger charge is -2.33. The lowest BCUT2D eigenvalue weighted by Crippen LogP contribution is -2.57. The second kappa shape index (κ2) is 8.29. The number of hydrogen-bond donors (Lipinski definition) is 2. The van der Waals surface area contributed by atoms with E-state index in [1.54, 1.807) is 0 Å². The summed E-state index contributed by atoms with van der Waals surface area (Å²) < 4.78 is 5.21. The van der Waals surface area contributed by atoms with Gasteiger partial charge in [-0.2, -0.15) is 0 Å². The van der Waals surface area contributed by atoms with E-state index in [1.807, 2.05) is 12.1 Å². The van der Waals surface area contributed by atoms with Crippen molar-refractivity contribution in [1.82, 2.24) is 5.32 Å². The van der Waals surface area contributed by atoms with E-state index in [9.17, 15) is 14.7 Å². The summed E-state index contributed by atoms with van der Waals surface area (Å²) in [5.41, 5.74) is 1.22. The third-order valence-corrected chi connectivity index (χ3v) is 4.44. The Hall–Kier alpha value is -1.88. The molecule has 1 aliphatic heterocycles. The van der Waals surface area contributed by atoms with Gasteiger partial charge < -0.3 is 15.2 Å². The Labute approximate surface area is 143 Å². The standard InChI is InChI=1S/C19H27NO4/c1-14(2)13-16-5-3-15(4-6-16)7-8-17(21)20-19(18(22)23)9-11-24-12-10-19/h3-6,14H,7-13H2,1-2H3,(H,20,21)(H,22,23). The van der Waals surface area contributed by atoms with Gasteiger partial charge >= 0.3 is 5.97 Å². The largest absolute Gasteiger partial charge is 0.480 e. The van der Waals surface area contributed by atoms with Crippen LogP contribution in [0.25, 0.3) is 0 Å². The lowest BCUT2D eigenvalue weighted by molar-refractivity contribution is -0.152. The van der Waals surface area contributed by atoms with E-state index in [4.69, 9.17) is 4.74 Å². The fraction of sp³-hybridized carbons (Fsp3) is 0.579. The maximum Gasteiger partial charge on any atom is 0.329 e. The first-order valence-electron chi connectivity index (χ1n) is 8.61. The van der Waals surface area contributed by atoms with Gasteiger partial charge in [-0.15, -0.1) is 0 Å². The molecule has 2 N–H and O–H groups in total. The van der Waals surface area contributed by atoms with E-state index < -0.39 is 11.5 Å². The minimum atomic E-state index is -1.17. The van der Waals surface area contributed by atoms with E-state index in [-0.39, 0.29) is 5.91 Å². The molecule has 0 spiro atoms. The van der Waals surface area contributed by atoms with E-state index in [2.05, 4.69) is 31.3 Å². The fourth-order valence-corrected chi connectivity index (χ4v) is 3.01. The molecule has 0 unspecified atom stereocenters. The van der Waals surface area contributed by atoms with Crippen molar-refractivity contribution in [1.29, 1.82) is 0 Å². The van der Waals surface area contributed by atoms with Gasteiger partial charge in [0, 0.05) is 32.5 Å². The summed E-state index contributed by atoms with van der Waals surface area (Å²) in [5.74, 6) is -0.573. The van der Waals surface area contributed by atoms with Crippen molar-refractivity contribution in [3.8, 4) is 0 Å². The van der Waals surface area contributed by atoms with E-state index >= 15 is 0 Å². The number of amides is 1. The number of nitrogens with one attached hydrogen (secondary N) is 1. The minimum Gasteiger partial charge on any atom is -0.480 e. The predicted octanol–water partition coefficient (Wildman–Crippen LogP) is 2.57. The number of carboxylic acid groups (broad SMARTS) is 1. The van der Waals surface area contributed by atoms with Crippen molar-refractivity contribution < 1.29 is 19.4 Å². The Morgan fingerprint density at radius 1 is 1.17 bits per heavy atom. The summed E-state index contributed by atoms with van der Waals surface area (Å²) in [7, 11) is 0. The third-order valence-electron chi connectivity index (χ3n) is 4.44. The van der Waals surface area contributed by atoms with Gasteiger partial charge in [0.15, 0.2) is 0 Å². The zero-order chi connectivity index (χ0) is 17.6. The number of benzene rings is 1. The van der Waals surface area contributed by atoms with Crippen LogP contribution in [0.2, 0.25) is 0 Å². The number of carboxylic acids is 1. The van der Waals surface area contributed by atoms with Crippen molar-refractivity contribution in [2.24, 2.45) is 5.92 Å². The highest BCUT2D eigenvalue weighted by atomic mass is 16.5. The number of ether oxygens (including phenoxy) is 1. The Kier molecular flexibility index (Phi) is 6.37. The summed E-state index contributed by atoms with van der Waals surface area (Å²) in [6, 6.07) is 8.30. The highest BCUT2D eigenvalue weighted by Crippen LogP contribution is 2.21. The van der Waals surface area contributed by atoms with Crippen LogP contribution in [-0.4, -0.2) is 35.7 Å². The van der Waals surface area contributed by atoms with Gasteiger partial charge in [-0.25, -0.2) is 4.79 Å². The van der Waals surface area contributed by atoms with Gasteiger partial charge in [0.2, 0.25) is 5.91 Å². The maximum atomic E-state index is 12.2. The molecule has 24 heavy (non-hydrogen) atoms. The van der Waals surface area contributed by atoms with Crippen LogP contribution in [0.15, 0.2) is 24.3 Å². The number of hydrogen-bond acceptors (Lipinski definition) is 3. The monoisotopic (exact) mass is 333 g/mol. The van der Waals surface area contributed by atoms with Gasteiger partial charge in [-0.1, -0.05) is 38.1 Å². The van der Waals surface area contributed by atoms with Crippen molar-refractivity contribution in [2.75, 3.05) is 13.2 Å². The molecule has 1 fully saturated rings. The van der Waals surface area contributed by atoms with Crippen molar-refractivity contribution in [2.45, 2.75) is 51.5 Å². The first kappa shape index (κ1) is 18.5. The SMILES string of the molecule is CC(C)Cc1ccc(CCC(=O)NC2(C(=O)O)CCOCC2)cc1. The topological polar surface area (TPSA) is 75.6 Å². The Bertz CT molecular complexity index is 559. The predicted molar refractivity (Wildman–Crippen MR) is 91.9 cm³/mol. The first-order valence-corrected chi connectivity index (χ1v) is 8.61. The number of carbonyl (C=O) groups is 2. The molecule has 0 saturated carbocycles. The summed E-state index contributed by atoms with van der Waals surface area (Å²) in [6.07, 6.45) is 2.58. The molecule has 0 aliphatic carbocycles. The van der Waals surface area contributed by atoms with Crippen LogP contribution >= 0.6 is 0 Å². The summed E-state index contributed by atoms with van der Waals surface area (Å²) in [4.78, 5) is 23.7. The van der Waals surface area contributed by atoms with Crippen LogP contribution in [0.1, 0.15) is 44.2 Å². The highest BCUT2D eigenvalue weighted by Gasteiger charge is 2.41. The van der Waals surface area contributed by atoms with Gasteiger partial charge in [0.25, 0.3) is 0 Å².